The zero-order chi connectivity index (χ0) is 14.9. The van der Waals surface area contributed by atoms with Crippen LogP contribution < -0.4 is 4.74 Å². The molecule has 0 saturated carbocycles. The highest BCUT2D eigenvalue weighted by molar-refractivity contribution is 5.43. The second kappa shape index (κ2) is 6.76. The molecule has 1 aliphatic carbocycles. The molecule has 1 aliphatic heterocycles. The van der Waals surface area contributed by atoms with E-state index in [4.69, 9.17) is 4.74 Å². The number of methoxy groups -OCH3 is 1. The summed E-state index contributed by atoms with van der Waals surface area (Å²) < 4.78 is 5.60. The molecule has 2 atom stereocenters. The largest absolute Gasteiger partial charge is 0.496 e. The molecule has 0 unspecified atom stereocenters. The van der Waals surface area contributed by atoms with E-state index in [0.717, 1.165) is 24.6 Å². The van der Waals surface area contributed by atoms with Gasteiger partial charge in [-0.25, -0.2) is 0 Å². The molecule has 23 heavy (non-hydrogen) atoms. The van der Waals surface area contributed by atoms with Crippen LogP contribution in [0.15, 0.2) is 48.5 Å². The first-order chi connectivity index (χ1) is 10.8. The van der Waals surface area contributed by atoms with Crippen molar-refractivity contribution in [2.75, 3.05) is 13.7 Å². The molecule has 2 aliphatic rings. The average Bonchev–Trinajstić information content (AvgIpc) is 2.95. The van der Waals surface area contributed by atoms with Gasteiger partial charge in [0.25, 0.3) is 0 Å². The fraction of sp³-hybridized carbons (Fsp3) is 0.429. The van der Waals surface area contributed by atoms with E-state index >= 15 is 0 Å². The van der Waals surface area contributed by atoms with Gasteiger partial charge in [0.1, 0.15) is 5.75 Å². The summed E-state index contributed by atoms with van der Waals surface area (Å²) in [7, 11) is 1.79. The topological polar surface area (TPSA) is 12.5 Å². The Morgan fingerprint density at radius 2 is 1.87 bits per heavy atom. The van der Waals surface area contributed by atoms with Gasteiger partial charge in [0.2, 0.25) is 0 Å². The van der Waals surface area contributed by atoms with Gasteiger partial charge >= 0.3 is 0 Å². The lowest BCUT2D eigenvalue weighted by atomic mass is 9.80. The van der Waals surface area contributed by atoms with Crippen molar-refractivity contribution >= 4 is 0 Å². The number of ether oxygens (including phenoxy) is 1. The van der Waals surface area contributed by atoms with E-state index in [2.05, 4.69) is 53.4 Å². The molecule has 2 nitrogen and oxygen atoms in total. The molecule has 4 rings (SSSR count). The Bertz CT molecular complexity index is 652. The molecule has 1 saturated heterocycles. The number of hydrogen-bond donors (Lipinski definition) is 0. The summed E-state index contributed by atoms with van der Waals surface area (Å²) in [6, 6.07) is 18.1. The molecule has 1 fully saturated rings. The van der Waals surface area contributed by atoms with Crippen LogP contribution in [0.2, 0.25) is 0 Å². The van der Waals surface area contributed by atoms with Gasteiger partial charge in [0.15, 0.2) is 0 Å². The third-order valence-electron chi connectivity index (χ3n) is 5.37. The van der Waals surface area contributed by atoms with Gasteiger partial charge in [-0.1, -0.05) is 49.9 Å². The Morgan fingerprint density at radius 3 is 2.65 bits per heavy atom. The monoisotopic (exact) mass is 309 g/mol. The summed E-state index contributed by atoms with van der Waals surface area (Å²) in [5, 5.41) is 0. The molecular formula is C21H27NO. The summed E-state index contributed by atoms with van der Waals surface area (Å²) in [5.41, 5.74) is 4.36. The predicted octanol–water partition coefficient (Wildman–Crippen LogP) is 4.32. The summed E-state index contributed by atoms with van der Waals surface area (Å²) in [6.45, 7) is 2.30. The number of likely N-dealkylation sites (tertiary alicyclic amines) is 1. The van der Waals surface area contributed by atoms with Crippen LogP contribution in [0, 0.1) is 5.92 Å². The van der Waals surface area contributed by atoms with Crippen molar-refractivity contribution in [1.29, 1.82) is 0 Å². The van der Waals surface area contributed by atoms with Gasteiger partial charge in [0.05, 0.1) is 7.11 Å². The quantitative estimate of drug-likeness (QED) is 0.837. The van der Waals surface area contributed by atoms with E-state index in [1.54, 1.807) is 7.11 Å². The lowest BCUT2D eigenvalue weighted by Gasteiger charge is -2.34. The maximum Gasteiger partial charge on any atom is 0.122 e. The van der Waals surface area contributed by atoms with Gasteiger partial charge in [-0.3, -0.25) is 4.90 Å². The molecule has 0 bridgehead atoms. The molecule has 1 heterocycles. The van der Waals surface area contributed by atoms with Gasteiger partial charge in [-0.15, -0.1) is 0 Å². The first-order valence-corrected chi connectivity index (χ1v) is 8.28. The van der Waals surface area contributed by atoms with Crippen LogP contribution in [0.25, 0.3) is 0 Å². The summed E-state index contributed by atoms with van der Waals surface area (Å²) in [4.78, 5) is 2.68. The van der Waals surface area contributed by atoms with Crippen LogP contribution in [-0.2, 0) is 19.4 Å². The number of rotatable bonds is 3. The van der Waals surface area contributed by atoms with E-state index < -0.39 is 0 Å². The average molecular weight is 309 g/mol. The zero-order valence-corrected chi connectivity index (χ0v) is 13.2. The van der Waals surface area contributed by atoms with Crippen LogP contribution in [0.1, 0.15) is 30.5 Å². The van der Waals surface area contributed by atoms with E-state index in [0.29, 0.717) is 6.04 Å². The van der Waals surface area contributed by atoms with Crippen molar-refractivity contribution in [3.05, 3.63) is 65.2 Å². The predicted molar refractivity (Wildman–Crippen MR) is 95.9 cm³/mol. The van der Waals surface area contributed by atoms with Crippen molar-refractivity contribution in [3.63, 3.8) is 0 Å². The molecule has 2 heteroatoms. The molecular weight excluding hydrogens is 282 g/mol. The van der Waals surface area contributed by atoms with Crippen LogP contribution in [0.4, 0.5) is 0 Å². The zero-order valence-electron chi connectivity index (χ0n) is 13.2. The van der Waals surface area contributed by atoms with Crippen LogP contribution in [0.5, 0.6) is 5.75 Å². The number of nitrogens with zero attached hydrogens (tertiary/aromatic N) is 1. The molecule has 122 valence electrons. The number of benzene rings is 2. The summed E-state index contributed by atoms with van der Waals surface area (Å²) in [5.74, 6) is 1.88. The Morgan fingerprint density at radius 1 is 1.04 bits per heavy atom. The highest BCUT2D eigenvalue weighted by Gasteiger charge is 2.38. The van der Waals surface area contributed by atoms with E-state index in [1.165, 1.54) is 36.1 Å². The minimum Gasteiger partial charge on any atom is -0.496 e. The second-order valence-corrected chi connectivity index (χ2v) is 6.58. The summed E-state index contributed by atoms with van der Waals surface area (Å²) >= 11 is 0. The maximum absolute atomic E-state index is 5.60. The number of hydrogen-bond acceptors (Lipinski definition) is 2. The van der Waals surface area contributed by atoms with Gasteiger partial charge in [-0.05, 0) is 54.5 Å². The lowest BCUT2D eigenvalue weighted by molar-refractivity contribution is 0.206. The maximum atomic E-state index is 5.60. The fourth-order valence-corrected chi connectivity index (χ4v) is 4.25. The van der Waals surface area contributed by atoms with E-state index in [9.17, 15) is 0 Å². The smallest absolute Gasteiger partial charge is 0.122 e. The van der Waals surface area contributed by atoms with Crippen molar-refractivity contribution in [3.8, 4) is 5.75 Å². The van der Waals surface area contributed by atoms with Crippen molar-refractivity contribution < 1.29 is 4.74 Å². The van der Waals surface area contributed by atoms with Gasteiger partial charge < -0.3 is 4.74 Å². The summed E-state index contributed by atoms with van der Waals surface area (Å²) in [6.07, 6.45) is 3.67. The Hall–Kier alpha value is -1.80. The second-order valence-electron chi connectivity index (χ2n) is 6.58. The Balaban J connectivity index is 0.00000156. The molecule has 0 N–H and O–H groups in total. The number of fused-ring (bicyclic) bond motifs is 2. The van der Waals surface area contributed by atoms with Crippen molar-refractivity contribution in [2.24, 2.45) is 5.92 Å². The molecule has 2 aromatic rings. The van der Waals surface area contributed by atoms with Crippen LogP contribution in [-0.4, -0.2) is 24.6 Å². The fourth-order valence-electron chi connectivity index (χ4n) is 4.25. The SMILES string of the molecule is C.COc1cccc2c1C[C@@H]1[C@H](CCN1Cc1ccccc1)C2. The van der Waals surface area contributed by atoms with Gasteiger partial charge in [0, 0.05) is 12.6 Å². The Labute approximate surface area is 140 Å². The third kappa shape index (κ3) is 3.00. The highest BCUT2D eigenvalue weighted by Crippen LogP contribution is 2.39. The standard InChI is InChI=1S/C20H23NO.CH4/c1-22-20-9-5-8-16-12-17-10-11-21(19(17)13-18(16)20)14-15-6-3-2-4-7-15;/h2-9,17,19H,10-14H2,1H3;1H4/t17-,19-;/m1./s1. The first-order valence-electron chi connectivity index (χ1n) is 8.28. The van der Waals surface area contributed by atoms with Gasteiger partial charge in [-0.2, -0.15) is 0 Å². The minimum absolute atomic E-state index is 0. The lowest BCUT2D eigenvalue weighted by Crippen LogP contribution is -2.37. The van der Waals surface area contributed by atoms with Crippen LogP contribution in [0.3, 0.4) is 0 Å². The van der Waals surface area contributed by atoms with E-state index in [-0.39, 0.29) is 7.43 Å². The first kappa shape index (κ1) is 16.1. The molecule has 0 spiro atoms. The van der Waals surface area contributed by atoms with Crippen molar-refractivity contribution in [2.45, 2.75) is 39.3 Å². The highest BCUT2D eigenvalue weighted by atomic mass is 16.5. The minimum atomic E-state index is 0. The van der Waals surface area contributed by atoms with Crippen LogP contribution >= 0.6 is 0 Å². The molecule has 2 aromatic carbocycles. The molecule has 0 aromatic heterocycles. The third-order valence-corrected chi connectivity index (χ3v) is 5.37. The molecule has 0 radical (unpaired) electrons. The van der Waals surface area contributed by atoms with E-state index in [1.807, 2.05) is 0 Å². The Kier molecular flexibility index (Phi) is 4.72. The normalized spacial score (nSPS) is 22.8. The van der Waals surface area contributed by atoms with Crippen molar-refractivity contribution in [1.82, 2.24) is 4.90 Å². The molecule has 0 amide bonds.